The highest BCUT2D eigenvalue weighted by Gasteiger charge is 2.09. The Balaban J connectivity index is 2.83. The molecule has 1 aromatic carbocycles. The SMILES string of the molecule is Cc1ccc2c(N)cc(C(C)C)nc2c1C. The molecule has 2 N–H and O–H groups in total. The summed E-state index contributed by atoms with van der Waals surface area (Å²) in [6.07, 6.45) is 0. The first-order valence-corrected chi connectivity index (χ1v) is 5.67. The maximum Gasteiger partial charge on any atom is 0.0757 e. The average Bonchev–Trinajstić information content (AvgIpc) is 2.23. The number of nitrogens with two attached hydrogens (primary N) is 1. The van der Waals surface area contributed by atoms with E-state index in [4.69, 9.17) is 10.7 Å². The van der Waals surface area contributed by atoms with Crippen molar-refractivity contribution in [3.63, 3.8) is 0 Å². The second kappa shape index (κ2) is 3.78. The molecule has 1 aromatic heterocycles. The molecule has 2 aromatic rings. The summed E-state index contributed by atoms with van der Waals surface area (Å²) in [5, 5.41) is 1.06. The summed E-state index contributed by atoms with van der Waals surface area (Å²) < 4.78 is 0. The molecular weight excluding hydrogens is 196 g/mol. The molecule has 0 aliphatic heterocycles. The smallest absolute Gasteiger partial charge is 0.0757 e. The molecular formula is C14H18N2. The maximum atomic E-state index is 6.07. The molecule has 0 saturated carbocycles. The summed E-state index contributed by atoms with van der Waals surface area (Å²) >= 11 is 0. The Morgan fingerprint density at radius 1 is 1.19 bits per heavy atom. The van der Waals surface area contributed by atoms with Gasteiger partial charge in [0.15, 0.2) is 0 Å². The van der Waals surface area contributed by atoms with Gasteiger partial charge in [-0.1, -0.05) is 26.0 Å². The second-order valence-electron chi connectivity index (χ2n) is 4.69. The predicted molar refractivity (Wildman–Crippen MR) is 69.7 cm³/mol. The van der Waals surface area contributed by atoms with E-state index in [2.05, 4.69) is 39.8 Å². The minimum atomic E-state index is 0.409. The molecule has 2 nitrogen and oxygen atoms in total. The zero-order chi connectivity index (χ0) is 11.9. The van der Waals surface area contributed by atoms with Crippen LogP contribution in [0.4, 0.5) is 5.69 Å². The molecule has 0 saturated heterocycles. The molecule has 2 heteroatoms. The van der Waals surface area contributed by atoms with Crippen molar-refractivity contribution in [1.82, 2.24) is 4.98 Å². The molecule has 0 spiro atoms. The lowest BCUT2D eigenvalue weighted by Crippen LogP contribution is -1.99. The number of fused-ring (bicyclic) bond motifs is 1. The number of nitrogen functional groups attached to an aromatic ring is 1. The predicted octanol–water partition coefficient (Wildman–Crippen LogP) is 3.56. The number of pyridine rings is 1. The van der Waals surface area contributed by atoms with Gasteiger partial charge < -0.3 is 5.73 Å². The van der Waals surface area contributed by atoms with Crippen molar-refractivity contribution in [3.8, 4) is 0 Å². The van der Waals surface area contributed by atoms with Crippen LogP contribution in [0.15, 0.2) is 18.2 Å². The van der Waals surface area contributed by atoms with Crippen molar-refractivity contribution in [2.75, 3.05) is 5.73 Å². The van der Waals surface area contributed by atoms with Gasteiger partial charge in [-0.2, -0.15) is 0 Å². The quantitative estimate of drug-likeness (QED) is 0.788. The summed E-state index contributed by atoms with van der Waals surface area (Å²) in [5.41, 5.74) is 11.5. The van der Waals surface area contributed by atoms with Crippen molar-refractivity contribution in [2.24, 2.45) is 0 Å². The van der Waals surface area contributed by atoms with E-state index < -0.39 is 0 Å². The Morgan fingerprint density at radius 2 is 1.88 bits per heavy atom. The van der Waals surface area contributed by atoms with Crippen LogP contribution in [-0.2, 0) is 0 Å². The maximum absolute atomic E-state index is 6.07. The van der Waals surface area contributed by atoms with Crippen molar-refractivity contribution in [1.29, 1.82) is 0 Å². The van der Waals surface area contributed by atoms with Crippen molar-refractivity contribution in [2.45, 2.75) is 33.6 Å². The van der Waals surface area contributed by atoms with E-state index in [-0.39, 0.29) is 0 Å². The van der Waals surface area contributed by atoms with E-state index in [1.54, 1.807) is 0 Å². The van der Waals surface area contributed by atoms with E-state index in [1.807, 2.05) is 6.07 Å². The monoisotopic (exact) mass is 214 g/mol. The van der Waals surface area contributed by atoms with Crippen LogP contribution in [0.5, 0.6) is 0 Å². The van der Waals surface area contributed by atoms with Gasteiger partial charge in [-0.05, 0) is 37.0 Å². The Kier molecular flexibility index (Phi) is 2.58. The zero-order valence-corrected chi connectivity index (χ0v) is 10.3. The first-order chi connectivity index (χ1) is 7.50. The third kappa shape index (κ3) is 1.64. The minimum absolute atomic E-state index is 0.409. The highest BCUT2D eigenvalue weighted by molar-refractivity contribution is 5.92. The highest BCUT2D eigenvalue weighted by Crippen LogP contribution is 2.27. The van der Waals surface area contributed by atoms with E-state index >= 15 is 0 Å². The van der Waals surface area contributed by atoms with Crippen LogP contribution >= 0.6 is 0 Å². The van der Waals surface area contributed by atoms with Gasteiger partial charge in [0.1, 0.15) is 0 Å². The van der Waals surface area contributed by atoms with Gasteiger partial charge in [0.2, 0.25) is 0 Å². The van der Waals surface area contributed by atoms with Crippen molar-refractivity contribution < 1.29 is 0 Å². The van der Waals surface area contributed by atoms with E-state index in [0.29, 0.717) is 5.92 Å². The lowest BCUT2D eigenvalue weighted by molar-refractivity contribution is 0.830. The summed E-state index contributed by atoms with van der Waals surface area (Å²) in [6, 6.07) is 6.15. The van der Waals surface area contributed by atoms with Crippen LogP contribution in [0.3, 0.4) is 0 Å². The molecule has 0 unspecified atom stereocenters. The van der Waals surface area contributed by atoms with E-state index in [0.717, 1.165) is 22.3 Å². The second-order valence-corrected chi connectivity index (χ2v) is 4.69. The molecule has 0 aliphatic carbocycles. The van der Waals surface area contributed by atoms with Crippen molar-refractivity contribution >= 4 is 16.6 Å². The zero-order valence-electron chi connectivity index (χ0n) is 10.3. The molecule has 0 aliphatic rings. The van der Waals surface area contributed by atoms with Gasteiger partial charge in [0.25, 0.3) is 0 Å². The first-order valence-electron chi connectivity index (χ1n) is 5.67. The number of aromatic nitrogens is 1. The fourth-order valence-corrected chi connectivity index (χ4v) is 1.87. The Morgan fingerprint density at radius 3 is 2.50 bits per heavy atom. The molecule has 0 fully saturated rings. The average molecular weight is 214 g/mol. The lowest BCUT2D eigenvalue weighted by atomic mass is 10.0. The molecule has 0 bridgehead atoms. The van der Waals surface area contributed by atoms with Gasteiger partial charge >= 0.3 is 0 Å². The van der Waals surface area contributed by atoms with Crippen LogP contribution in [0.25, 0.3) is 10.9 Å². The van der Waals surface area contributed by atoms with Crippen molar-refractivity contribution in [3.05, 3.63) is 35.0 Å². The standard InChI is InChI=1S/C14H18N2/c1-8(2)13-7-12(15)11-6-5-9(3)10(4)14(11)16-13/h5-8H,1-4H3,(H2,15,16). The molecule has 1 heterocycles. The van der Waals surface area contributed by atoms with Gasteiger partial charge in [-0.15, -0.1) is 0 Å². The number of rotatable bonds is 1. The highest BCUT2D eigenvalue weighted by atomic mass is 14.7. The minimum Gasteiger partial charge on any atom is -0.398 e. The lowest BCUT2D eigenvalue weighted by Gasteiger charge is -2.11. The molecule has 0 radical (unpaired) electrons. The van der Waals surface area contributed by atoms with Crippen LogP contribution < -0.4 is 5.73 Å². The van der Waals surface area contributed by atoms with Gasteiger partial charge in [0.05, 0.1) is 5.52 Å². The third-order valence-electron chi connectivity index (χ3n) is 3.15. The summed E-state index contributed by atoms with van der Waals surface area (Å²) in [6.45, 7) is 8.49. The fourth-order valence-electron chi connectivity index (χ4n) is 1.87. The van der Waals surface area contributed by atoms with Crippen LogP contribution in [-0.4, -0.2) is 4.98 Å². The normalized spacial score (nSPS) is 11.3. The number of anilines is 1. The molecule has 2 rings (SSSR count). The first kappa shape index (κ1) is 10.9. The number of benzene rings is 1. The fraction of sp³-hybridized carbons (Fsp3) is 0.357. The number of hydrogen-bond donors (Lipinski definition) is 1. The number of aryl methyl sites for hydroxylation is 2. The van der Waals surface area contributed by atoms with Gasteiger partial charge in [-0.25, -0.2) is 0 Å². The Hall–Kier alpha value is -1.57. The van der Waals surface area contributed by atoms with Crippen LogP contribution in [0.2, 0.25) is 0 Å². The molecule has 16 heavy (non-hydrogen) atoms. The van der Waals surface area contributed by atoms with Gasteiger partial charge in [0, 0.05) is 16.8 Å². The van der Waals surface area contributed by atoms with Crippen LogP contribution in [0.1, 0.15) is 36.6 Å². The summed E-state index contributed by atoms with van der Waals surface area (Å²) in [4.78, 5) is 4.72. The summed E-state index contributed by atoms with van der Waals surface area (Å²) in [7, 11) is 0. The third-order valence-corrected chi connectivity index (χ3v) is 3.15. The van der Waals surface area contributed by atoms with Gasteiger partial charge in [-0.3, -0.25) is 4.98 Å². The molecule has 0 atom stereocenters. The topological polar surface area (TPSA) is 38.9 Å². The Bertz CT molecular complexity index is 542. The number of hydrogen-bond acceptors (Lipinski definition) is 2. The number of nitrogens with zero attached hydrogens (tertiary/aromatic N) is 1. The van der Waals surface area contributed by atoms with E-state index in [1.165, 1.54) is 11.1 Å². The van der Waals surface area contributed by atoms with E-state index in [9.17, 15) is 0 Å². The largest absolute Gasteiger partial charge is 0.398 e. The Labute approximate surface area is 96.5 Å². The summed E-state index contributed by atoms with van der Waals surface area (Å²) in [5.74, 6) is 0.409. The van der Waals surface area contributed by atoms with Crippen LogP contribution in [0, 0.1) is 13.8 Å². The molecule has 0 amide bonds. The molecule has 84 valence electrons.